The Morgan fingerprint density at radius 1 is 1.11 bits per heavy atom. The highest BCUT2D eigenvalue weighted by atomic mass is 16.6. The van der Waals surface area contributed by atoms with Gasteiger partial charge in [-0.15, -0.1) is 0 Å². The number of hydrogen-bond donors (Lipinski definition) is 3. The molecule has 10 nitrogen and oxygen atoms in total. The number of aromatic nitrogens is 4. The average Bonchev–Trinajstić information content (AvgIpc) is 3.23. The molecule has 0 saturated carbocycles. The van der Waals surface area contributed by atoms with Crippen molar-refractivity contribution in [2.24, 2.45) is 0 Å². The molecule has 4 unspecified atom stereocenters. The molecular formula is C17H19N5O5. The Labute approximate surface area is 154 Å². The number of anilines is 1. The summed E-state index contributed by atoms with van der Waals surface area (Å²) in [4.78, 5) is 12.2. The molecule has 1 aliphatic rings. The van der Waals surface area contributed by atoms with Crippen LogP contribution in [0, 0.1) is 0 Å². The van der Waals surface area contributed by atoms with Gasteiger partial charge < -0.3 is 30.2 Å². The first-order valence-electron chi connectivity index (χ1n) is 8.30. The van der Waals surface area contributed by atoms with Crippen LogP contribution in [0.2, 0.25) is 0 Å². The topological polar surface area (TPSA) is 138 Å². The van der Waals surface area contributed by atoms with Gasteiger partial charge in [0.1, 0.15) is 48.3 Å². The fourth-order valence-electron chi connectivity index (χ4n) is 3.00. The third-order valence-electron chi connectivity index (χ3n) is 4.47. The number of aliphatic hydroxyl groups excluding tert-OH is 2. The molecule has 1 aliphatic heterocycles. The molecule has 0 amide bonds. The maximum absolute atomic E-state index is 10.4. The zero-order valence-electron chi connectivity index (χ0n) is 14.5. The van der Waals surface area contributed by atoms with Crippen LogP contribution in [0.4, 0.5) is 5.82 Å². The summed E-state index contributed by atoms with van der Waals surface area (Å²) in [7, 11) is 1.58. The second kappa shape index (κ2) is 6.99. The van der Waals surface area contributed by atoms with Crippen molar-refractivity contribution in [1.82, 2.24) is 19.5 Å². The molecule has 4 rings (SSSR count). The number of fused-ring (bicyclic) bond motifs is 1. The standard InChI is InChI=1S/C17H19N5O5/c1-25-9-2-4-10(5-3-9)26-6-11-13(23)14(24)17(27-11)22-8-21-12-15(18)19-7-20-16(12)22/h2-5,7-8,11,13-14,17,23-24H,6H2,1H3,(H2,18,19,20). The summed E-state index contributed by atoms with van der Waals surface area (Å²) < 4.78 is 18.1. The molecule has 0 aliphatic carbocycles. The molecule has 1 aromatic carbocycles. The smallest absolute Gasteiger partial charge is 0.167 e. The summed E-state index contributed by atoms with van der Waals surface area (Å²) in [6.45, 7) is 0.0603. The molecule has 4 N–H and O–H groups in total. The lowest BCUT2D eigenvalue weighted by atomic mass is 10.1. The summed E-state index contributed by atoms with van der Waals surface area (Å²) in [6, 6.07) is 7.02. The molecule has 3 heterocycles. The van der Waals surface area contributed by atoms with Crippen LogP contribution in [0.5, 0.6) is 11.5 Å². The van der Waals surface area contributed by atoms with Gasteiger partial charge in [-0.2, -0.15) is 0 Å². The van der Waals surface area contributed by atoms with E-state index < -0.39 is 24.5 Å². The highest BCUT2D eigenvalue weighted by Crippen LogP contribution is 2.32. The van der Waals surface area contributed by atoms with Crippen molar-refractivity contribution < 1.29 is 24.4 Å². The van der Waals surface area contributed by atoms with Gasteiger partial charge >= 0.3 is 0 Å². The summed E-state index contributed by atoms with van der Waals surface area (Å²) in [5.74, 6) is 1.53. The maximum atomic E-state index is 10.4. The molecule has 1 fully saturated rings. The number of imidazole rings is 1. The third kappa shape index (κ3) is 3.14. The van der Waals surface area contributed by atoms with E-state index in [0.29, 0.717) is 22.7 Å². The summed E-state index contributed by atoms with van der Waals surface area (Å²) in [6.07, 6.45) is -1.17. The Bertz CT molecular complexity index is 931. The number of aliphatic hydroxyl groups is 2. The quantitative estimate of drug-likeness (QED) is 0.569. The maximum Gasteiger partial charge on any atom is 0.167 e. The first kappa shape index (κ1) is 17.5. The van der Waals surface area contributed by atoms with E-state index in [1.165, 1.54) is 17.2 Å². The van der Waals surface area contributed by atoms with Crippen LogP contribution in [0.3, 0.4) is 0 Å². The lowest BCUT2D eigenvalue weighted by Crippen LogP contribution is -2.34. The van der Waals surface area contributed by atoms with Gasteiger partial charge in [-0.3, -0.25) is 4.57 Å². The SMILES string of the molecule is COc1ccc(OCC2OC(n3cnc4c(N)ncnc43)C(O)C2O)cc1. The summed E-state index contributed by atoms with van der Waals surface area (Å²) in [5, 5.41) is 20.8. The zero-order chi connectivity index (χ0) is 19.0. The van der Waals surface area contributed by atoms with E-state index in [0.717, 1.165) is 0 Å². The summed E-state index contributed by atoms with van der Waals surface area (Å²) in [5.41, 5.74) is 6.60. The molecule has 10 heteroatoms. The van der Waals surface area contributed by atoms with E-state index in [1.807, 2.05) is 0 Å². The van der Waals surface area contributed by atoms with E-state index in [4.69, 9.17) is 19.9 Å². The number of benzene rings is 1. The molecule has 3 aromatic rings. The second-order valence-corrected chi connectivity index (χ2v) is 6.12. The van der Waals surface area contributed by atoms with Crippen molar-refractivity contribution in [2.45, 2.75) is 24.5 Å². The Morgan fingerprint density at radius 2 is 1.85 bits per heavy atom. The minimum absolute atomic E-state index is 0.0603. The van der Waals surface area contributed by atoms with Gasteiger partial charge in [0, 0.05) is 0 Å². The molecule has 2 aromatic heterocycles. The van der Waals surface area contributed by atoms with Crippen molar-refractivity contribution in [3.05, 3.63) is 36.9 Å². The van der Waals surface area contributed by atoms with Crippen LogP contribution in [0.25, 0.3) is 11.2 Å². The van der Waals surface area contributed by atoms with Crippen LogP contribution in [0.15, 0.2) is 36.9 Å². The Balaban J connectivity index is 1.49. The van der Waals surface area contributed by atoms with Crippen LogP contribution in [-0.4, -0.2) is 61.8 Å². The monoisotopic (exact) mass is 373 g/mol. The van der Waals surface area contributed by atoms with Crippen molar-refractivity contribution in [3.63, 3.8) is 0 Å². The molecule has 0 bridgehead atoms. The van der Waals surface area contributed by atoms with Crippen molar-refractivity contribution >= 4 is 17.0 Å². The van der Waals surface area contributed by atoms with Gasteiger partial charge in [0.25, 0.3) is 0 Å². The molecule has 142 valence electrons. The molecule has 27 heavy (non-hydrogen) atoms. The van der Waals surface area contributed by atoms with E-state index in [2.05, 4.69) is 15.0 Å². The number of nitrogens with two attached hydrogens (primary N) is 1. The van der Waals surface area contributed by atoms with E-state index >= 15 is 0 Å². The predicted octanol–water partition coefficient (Wildman–Crippen LogP) is 0.115. The van der Waals surface area contributed by atoms with E-state index in [-0.39, 0.29) is 12.4 Å². The highest BCUT2D eigenvalue weighted by molar-refractivity contribution is 5.81. The fourth-order valence-corrected chi connectivity index (χ4v) is 3.00. The largest absolute Gasteiger partial charge is 0.497 e. The number of nitrogen functional groups attached to an aromatic ring is 1. The molecule has 0 spiro atoms. The predicted molar refractivity (Wildman–Crippen MR) is 94.1 cm³/mol. The molecule has 4 atom stereocenters. The zero-order valence-corrected chi connectivity index (χ0v) is 14.5. The molecule has 0 radical (unpaired) electrons. The number of rotatable bonds is 5. The van der Waals surface area contributed by atoms with E-state index in [1.54, 1.807) is 31.4 Å². The third-order valence-corrected chi connectivity index (χ3v) is 4.47. The number of nitrogens with zero attached hydrogens (tertiary/aromatic N) is 4. The number of hydrogen-bond acceptors (Lipinski definition) is 9. The minimum atomic E-state index is -1.18. The minimum Gasteiger partial charge on any atom is -0.497 e. The van der Waals surface area contributed by atoms with Gasteiger partial charge in [-0.1, -0.05) is 0 Å². The molecule has 1 saturated heterocycles. The fraction of sp³-hybridized carbons (Fsp3) is 0.353. The van der Waals surface area contributed by atoms with E-state index in [9.17, 15) is 10.2 Å². The first-order valence-corrected chi connectivity index (χ1v) is 8.30. The van der Waals surface area contributed by atoms with Gasteiger partial charge in [0.05, 0.1) is 13.4 Å². The number of methoxy groups -OCH3 is 1. The van der Waals surface area contributed by atoms with Crippen molar-refractivity contribution in [1.29, 1.82) is 0 Å². The summed E-state index contributed by atoms with van der Waals surface area (Å²) >= 11 is 0. The Morgan fingerprint density at radius 3 is 2.59 bits per heavy atom. The van der Waals surface area contributed by atoms with Crippen molar-refractivity contribution in [3.8, 4) is 11.5 Å². The van der Waals surface area contributed by atoms with Crippen molar-refractivity contribution in [2.75, 3.05) is 19.5 Å². The second-order valence-electron chi connectivity index (χ2n) is 6.12. The first-order chi connectivity index (χ1) is 13.1. The highest BCUT2D eigenvalue weighted by Gasteiger charge is 2.44. The van der Waals surface area contributed by atoms with Gasteiger partial charge in [0.15, 0.2) is 17.7 Å². The van der Waals surface area contributed by atoms with Crippen LogP contribution >= 0.6 is 0 Å². The van der Waals surface area contributed by atoms with Crippen LogP contribution in [-0.2, 0) is 4.74 Å². The van der Waals surface area contributed by atoms with Gasteiger partial charge in [-0.25, -0.2) is 15.0 Å². The Kier molecular flexibility index (Phi) is 4.52. The molecular weight excluding hydrogens is 354 g/mol. The average molecular weight is 373 g/mol. The van der Waals surface area contributed by atoms with Crippen LogP contribution in [0.1, 0.15) is 6.23 Å². The lowest BCUT2D eigenvalue weighted by Gasteiger charge is -2.16. The van der Waals surface area contributed by atoms with Gasteiger partial charge in [0.2, 0.25) is 0 Å². The van der Waals surface area contributed by atoms with Crippen LogP contribution < -0.4 is 15.2 Å². The normalized spacial score (nSPS) is 25.0. The lowest BCUT2D eigenvalue weighted by molar-refractivity contribution is -0.0474. The van der Waals surface area contributed by atoms with Gasteiger partial charge in [-0.05, 0) is 24.3 Å². The Hall–Kier alpha value is -2.95. The number of ether oxygens (including phenoxy) is 3.